The summed E-state index contributed by atoms with van der Waals surface area (Å²) < 4.78 is 13.1. The second kappa shape index (κ2) is 7.86. The van der Waals surface area contributed by atoms with E-state index in [1.807, 2.05) is 12.1 Å². The first kappa shape index (κ1) is 20.2. The highest BCUT2D eigenvalue weighted by Gasteiger charge is 2.35. The maximum atomic E-state index is 6.57. The van der Waals surface area contributed by atoms with E-state index in [0.29, 0.717) is 0 Å². The van der Waals surface area contributed by atoms with Gasteiger partial charge in [0.05, 0.1) is 0 Å². The van der Waals surface area contributed by atoms with Crippen LogP contribution in [0.2, 0.25) is 0 Å². The van der Waals surface area contributed by atoms with Gasteiger partial charge in [-0.05, 0) is 46.5 Å². The highest BCUT2D eigenvalue weighted by Crippen LogP contribution is 2.57. The second-order valence-corrected chi connectivity index (χ2v) is 11.7. The molecular weight excluding hydrogens is 435 g/mol. The van der Waals surface area contributed by atoms with Gasteiger partial charge < -0.3 is 14.8 Å². The Balaban J connectivity index is 1.59. The molecule has 4 aromatic rings. The Kier molecular flexibility index (Phi) is 4.96. The van der Waals surface area contributed by atoms with Crippen LogP contribution in [0.15, 0.2) is 72.8 Å². The summed E-state index contributed by atoms with van der Waals surface area (Å²) in [5, 5.41) is 8.13. The zero-order chi connectivity index (χ0) is 21.7. The van der Waals surface area contributed by atoms with Gasteiger partial charge in [0.2, 0.25) is 0 Å². The van der Waals surface area contributed by atoms with Gasteiger partial charge in [-0.15, -0.1) is 0 Å². The molecule has 1 heterocycles. The molecule has 1 aliphatic heterocycles. The van der Waals surface area contributed by atoms with Gasteiger partial charge in [0.15, 0.2) is 0 Å². The van der Waals surface area contributed by atoms with Crippen LogP contribution in [-0.4, -0.2) is 12.1 Å². The maximum absolute atomic E-state index is 6.57. The van der Waals surface area contributed by atoms with E-state index in [2.05, 4.69) is 65.8 Å². The molecule has 1 fully saturated rings. The lowest BCUT2D eigenvalue weighted by atomic mass is 9.92. The number of fused-ring (bicyclic) bond motifs is 7. The molecule has 0 spiro atoms. The Bertz CT molecular complexity index is 1300. The van der Waals surface area contributed by atoms with E-state index in [-0.39, 0.29) is 12.1 Å². The fourth-order valence-corrected chi connectivity index (χ4v) is 7.60. The summed E-state index contributed by atoms with van der Waals surface area (Å²) in [6.07, 6.45) is 4.29. The Morgan fingerprint density at radius 1 is 0.750 bits per heavy atom. The lowest BCUT2D eigenvalue weighted by Crippen LogP contribution is -2.46. The minimum Gasteiger partial charge on any atom is -0.424 e. The van der Waals surface area contributed by atoms with Gasteiger partial charge in [0.25, 0.3) is 0 Å². The third-order valence-electron chi connectivity index (χ3n) is 6.61. The van der Waals surface area contributed by atoms with Crippen LogP contribution >= 0.6 is 6.64 Å². The number of hydrogen-bond donors (Lipinski definition) is 2. The van der Waals surface area contributed by atoms with Crippen LogP contribution in [0.3, 0.4) is 0 Å². The van der Waals surface area contributed by atoms with Gasteiger partial charge in [0, 0.05) is 35.0 Å². The predicted octanol–water partition coefficient (Wildman–Crippen LogP) is 6.52. The van der Waals surface area contributed by atoms with Crippen molar-refractivity contribution in [2.24, 2.45) is 5.73 Å². The molecule has 1 aliphatic carbocycles. The minimum atomic E-state index is -2.88. The predicted molar refractivity (Wildman–Crippen MR) is 136 cm³/mol. The largest absolute Gasteiger partial charge is 0.424 e. The van der Waals surface area contributed by atoms with Crippen molar-refractivity contribution < 1.29 is 9.05 Å². The minimum absolute atomic E-state index is 0.0613. The fraction of sp³-hybridized carbons (Fsp3) is 0.231. The molecule has 1 saturated carbocycles. The summed E-state index contributed by atoms with van der Waals surface area (Å²) in [5.41, 5.74) is 8.51. The summed E-state index contributed by atoms with van der Waals surface area (Å²) in [5.74, 6) is 1.53. The molecule has 3 N–H and O–H groups in total. The molecule has 0 saturated heterocycles. The topological polar surface area (TPSA) is 56.5 Å². The molecule has 2 atom stereocenters. The molecule has 0 radical (unpaired) electrons. The van der Waals surface area contributed by atoms with Crippen LogP contribution in [0.1, 0.15) is 25.7 Å². The zero-order valence-corrected chi connectivity index (χ0v) is 19.4. The molecule has 4 aromatic carbocycles. The van der Waals surface area contributed by atoms with Crippen LogP contribution in [0.5, 0.6) is 11.5 Å². The second-order valence-electron chi connectivity index (χ2n) is 8.68. The normalized spacial score (nSPS) is 21.8. The van der Waals surface area contributed by atoms with E-state index in [9.17, 15) is 0 Å². The Morgan fingerprint density at radius 3 is 1.84 bits per heavy atom. The average molecular weight is 461 g/mol. The van der Waals surface area contributed by atoms with Crippen molar-refractivity contribution in [2.75, 3.05) is 0 Å². The third-order valence-corrected chi connectivity index (χ3v) is 8.90. The van der Waals surface area contributed by atoms with Gasteiger partial charge >= 0.3 is 6.64 Å². The molecule has 4 nitrogen and oxygen atoms in total. The first-order valence-corrected chi connectivity index (χ1v) is 13.8. The summed E-state index contributed by atoms with van der Waals surface area (Å²) in [4.78, 5) is 0. The molecule has 2 aliphatic rings. The first-order chi connectivity index (χ1) is 15.6. The van der Waals surface area contributed by atoms with Crippen molar-refractivity contribution in [3.8, 4) is 22.6 Å². The van der Waals surface area contributed by atoms with Crippen LogP contribution in [0.4, 0.5) is 0 Å². The molecule has 0 bridgehead atoms. The van der Waals surface area contributed by atoms with Crippen molar-refractivity contribution in [1.29, 1.82) is 0 Å². The Labute approximate surface area is 192 Å². The van der Waals surface area contributed by atoms with Crippen molar-refractivity contribution in [2.45, 2.75) is 37.8 Å². The molecule has 0 unspecified atom stereocenters. The van der Waals surface area contributed by atoms with E-state index in [1.165, 1.54) is 0 Å². The van der Waals surface area contributed by atoms with Crippen molar-refractivity contribution >= 4 is 40.0 Å². The molecule has 6 heteroatoms. The highest BCUT2D eigenvalue weighted by atomic mass is 32.5. The van der Waals surface area contributed by atoms with Crippen LogP contribution in [0, 0.1) is 0 Å². The molecule has 162 valence electrons. The van der Waals surface area contributed by atoms with Gasteiger partial charge in [-0.1, -0.05) is 73.5 Å². The fourth-order valence-electron chi connectivity index (χ4n) is 5.02. The maximum Gasteiger partial charge on any atom is 0.365 e. The standard InChI is InChI=1S/C26H25N2O2PS/c27-21-11-5-6-12-22(21)28-31(32)29-23-15-13-17-7-1-3-9-19(17)25(23)26-20-10-4-2-8-18(20)14-16-24(26)30-31/h1-4,7-10,13-16,21-22H,5-6,11-12,27H2,(H,28,32)/t21-,22-/m1/s1. The molecule has 32 heavy (non-hydrogen) atoms. The van der Waals surface area contributed by atoms with E-state index < -0.39 is 6.64 Å². The lowest BCUT2D eigenvalue weighted by molar-refractivity contribution is 0.348. The van der Waals surface area contributed by atoms with Gasteiger partial charge in [-0.2, -0.15) is 0 Å². The van der Waals surface area contributed by atoms with E-state index in [0.717, 1.165) is 69.9 Å². The monoisotopic (exact) mass is 460 g/mol. The van der Waals surface area contributed by atoms with E-state index >= 15 is 0 Å². The van der Waals surface area contributed by atoms with Gasteiger partial charge in [-0.3, -0.25) is 0 Å². The summed E-state index contributed by atoms with van der Waals surface area (Å²) in [6.45, 7) is -2.88. The Morgan fingerprint density at radius 2 is 1.28 bits per heavy atom. The number of hydrogen-bond acceptors (Lipinski definition) is 4. The highest BCUT2D eigenvalue weighted by molar-refractivity contribution is 8.09. The molecule has 6 rings (SSSR count). The third kappa shape index (κ3) is 3.41. The molecule has 0 aromatic heterocycles. The van der Waals surface area contributed by atoms with E-state index in [1.54, 1.807) is 0 Å². The van der Waals surface area contributed by atoms with E-state index in [4.69, 9.17) is 26.6 Å². The van der Waals surface area contributed by atoms with Crippen molar-refractivity contribution in [1.82, 2.24) is 5.09 Å². The van der Waals surface area contributed by atoms with Crippen molar-refractivity contribution in [3.05, 3.63) is 72.8 Å². The molecule has 0 amide bonds. The summed E-state index contributed by atoms with van der Waals surface area (Å²) in [6, 6.07) is 25.2. The van der Waals surface area contributed by atoms with Crippen LogP contribution in [0.25, 0.3) is 32.7 Å². The van der Waals surface area contributed by atoms with Crippen LogP contribution in [-0.2, 0) is 11.8 Å². The van der Waals surface area contributed by atoms with Gasteiger partial charge in [0.1, 0.15) is 11.5 Å². The number of benzene rings is 4. The SMILES string of the molecule is N[C@@H]1CCCC[C@H]1NP1(=S)Oc2ccc3ccccc3c2-c2c(ccc3ccccc23)O1. The van der Waals surface area contributed by atoms with Crippen molar-refractivity contribution in [3.63, 3.8) is 0 Å². The summed E-state index contributed by atoms with van der Waals surface area (Å²) >= 11 is 6.07. The Hall–Kier alpha value is -2.43. The number of nitrogens with one attached hydrogen (secondary N) is 1. The first-order valence-electron chi connectivity index (χ1n) is 11.2. The smallest absolute Gasteiger partial charge is 0.365 e. The zero-order valence-electron chi connectivity index (χ0n) is 17.7. The van der Waals surface area contributed by atoms with Crippen LogP contribution < -0.4 is 19.9 Å². The molecular formula is C26H25N2O2PS. The number of nitrogens with two attached hydrogens (primary N) is 1. The lowest BCUT2D eigenvalue weighted by Gasteiger charge is -2.33. The summed E-state index contributed by atoms with van der Waals surface area (Å²) in [7, 11) is 0. The number of rotatable bonds is 2. The van der Waals surface area contributed by atoms with Gasteiger partial charge in [-0.25, -0.2) is 5.09 Å². The average Bonchev–Trinajstić information content (AvgIpc) is 2.94. The quantitative estimate of drug-likeness (QED) is 0.334.